The van der Waals surface area contributed by atoms with Gasteiger partial charge in [-0.15, -0.1) is 0 Å². The van der Waals surface area contributed by atoms with Gasteiger partial charge in [-0.2, -0.15) is 0 Å². The summed E-state index contributed by atoms with van der Waals surface area (Å²) in [6.45, 7) is 1.89. The van der Waals surface area contributed by atoms with Crippen LogP contribution in [0.2, 0.25) is 10.0 Å². The van der Waals surface area contributed by atoms with Crippen molar-refractivity contribution in [1.29, 1.82) is 0 Å². The first kappa shape index (κ1) is 14.8. The van der Waals surface area contributed by atoms with E-state index in [2.05, 4.69) is 15.1 Å². The van der Waals surface area contributed by atoms with Crippen molar-refractivity contribution in [3.8, 4) is 0 Å². The molecular weight excluding hydrogens is 297 g/mol. The molecule has 0 aliphatic carbocycles. The molecule has 20 heavy (non-hydrogen) atoms. The number of benzene rings is 1. The Bertz CT molecular complexity index is 627. The Balaban J connectivity index is 2.32. The van der Waals surface area contributed by atoms with Gasteiger partial charge in [0, 0.05) is 29.4 Å². The Labute approximate surface area is 127 Å². The van der Waals surface area contributed by atoms with Crippen molar-refractivity contribution in [2.24, 2.45) is 5.16 Å². The number of hydrogen-bond donors (Lipinski definition) is 0. The minimum absolute atomic E-state index is 0.475. The first-order valence-electron chi connectivity index (χ1n) is 5.93. The van der Waals surface area contributed by atoms with Gasteiger partial charge in [-0.25, -0.2) is 0 Å². The van der Waals surface area contributed by atoms with E-state index in [1.165, 1.54) is 7.11 Å². The van der Waals surface area contributed by atoms with Crippen molar-refractivity contribution < 1.29 is 4.84 Å². The molecule has 0 unspecified atom stereocenters. The summed E-state index contributed by atoms with van der Waals surface area (Å²) in [5.41, 5.74) is 3.09. The molecule has 0 fully saturated rings. The molecule has 0 atom stereocenters. The Hall–Kier alpha value is -1.65. The maximum atomic E-state index is 6.19. The van der Waals surface area contributed by atoms with Crippen LogP contribution in [0.3, 0.4) is 0 Å². The third-order valence-corrected chi connectivity index (χ3v) is 3.17. The quantitative estimate of drug-likeness (QED) is 0.639. The molecule has 1 aromatic heterocycles. The van der Waals surface area contributed by atoms with Gasteiger partial charge in [0.2, 0.25) is 0 Å². The number of rotatable bonds is 4. The molecule has 0 amide bonds. The van der Waals surface area contributed by atoms with E-state index < -0.39 is 0 Å². The fourth-order valence-corrected chi connectivity index (χ4v) is 2.21. The van der Waals surface area contributed by atoms with E-state index in [9.17, 15) is 0 Å². The summed E-state index contributed by atoms with van der Waals surface area (Å²) in [6, 6.07) is 5.24. The second-order valence-electron chi connectivity index (χ2n) is 4.17. The second kappa shape index (κ2) is 6.68. The molecule has 0 N–H and O–H groups in total. The lowest BCUT2D eigenvalue weighted by atomic mass is 10.1. The lowest BCUT2D eigenvalue weighted by Crippen LogP contribution is -2.08. The molecule has 0 bridgehead atoms. The molecule has 2 rings (SSSR count). The minimum atomic E-state index is 0.475. The van der Waals surface area contributed by atoms with Crippen LogP contribution in [-0.2, 0) is 11.3 Å². The van der Waals surface area contributed by atoms with Gasteiger partial charge in [0.05, 0.1) is 22.1 Å². The van der Waals surface area contributed by atoms with Crippen molar-refractivity contribution >= 4 is 28.9 Å². The van der Waals surface area contributed by atoms with Crippen LogP contribution in [0.15, 0.2) is 35.7 Å². The number of aromatic nitrogens is 2. The summed E-state index contributed by atoms with van der Waals surface area (Å²) in [6.07, 6.45) is 3.90. The SMILES string of the molecule is CON=C(Cc1cnc(C)cn1)c1ccc(Cl)cc1Cl. The molecular formula is C14H13Cl2N3O. The summed E-state index contributed by atoms with van der Waals surface area (Å²) in [5, 5.41) is 5.12. The summed E-state index contributed by atoms with van der Waals surface area (Å²) >= 11 is 12.1. The predicted octanol–water partition coefficient (Wildman–Crippen LogP) is 3.69. The zero-order chi connectivity index (χ0) is 14.5. The van der Waals surface area contributed by atoms with Crippen LogP contribution in [0.25, 0.3) is 0 Å². The Morgan fingerprint density at radius 2 is 2.05 bits per heavy atom. The molecule has 0 spiro atoms. The summed E-state index contributed by atoms with van der Waals surface area (Å²) in [5.74, 6) is 0. The number of nitrogens with zero attached hydrogens (tertiary/aromatic N) is 3. The van der Waals surface area contributed by atoms with Gasteiger partial charge >= 0.3 is 0 Å². The summed E-state index contributed by atoms with van der Waals surface area (Å²) < 4.78 is 0. The topological polar surface area (TPSA) is 47.4 Å². The maximum Gasteiger partial charge on any atom is 0.106 e. The smallest absolute Gasteiger partial charge is 0.106 e. The number of aryl methyl sites for hydroxylation is 1. The van der Waals surface area contributed by atoms with Crippen molar-refractivity contribution in [3.05, 3.63) is 57.6 Å². The van der Waals surface area contributed by atoms with Gasteiger partial charge in [0.25, 0.3) is 0 Å². The molecule has 0 radical (unpaired) electrons. The molecule has 1 aromatic carbocycles. The zero-order valence-corrected chi connectivity index (χ0v) is 12.6. The van der Waals surface area contributed by atoms with E-state index in [-0.39, 0.29) is 0 Å². The molecule has 0 saturated carbocycles. The standard InChI is InChI=1S/C14H13Cl2N3O/c1-9-7-18-11(8-17-9)6-14(19-20-2)12-4-3-10(15)5-13(12)16/h3-5,7-8H,6H2,1-2H3. The molecule has 0 aliphatic heterocycles. The van der Waals surface area contributed by atoms with Gasteiger partial charge in [-0.3, -0.25) is 9.97 Å². The lowest BCUT2D eigenvalue weighted by Gasteiger charge is -2.08. The molecule has 6 heteroatoms. The zero-order valence-electron chi connectivity index (χ0n) is 11.1. The van der Waals surface area contributed by atoms with Gasteiger partial charge in [-0.05, 0) is 19.1 Å². The number of oxime groups is 1. The third-order valence-electron chi connectivity index (χ3n) is 2.63. The van der Waals surface area contributed by atoms with Crippen LogP contribution in [0.4, 0.5) is 0 Å². The second-order valence-corrected chi connectivity index (χ2v) is 5.01. The predicted molar refractivity (Wildman–Crippen MR) is 80.5 cm³/mol. The summed E-state index contributed by atoms with van der Waals surface area (Å²) in [7, 11) is 1.49. The number of halogens is 2. The van der Waals surface area contributed by atoms with Gasteiger partial charge in [0.15, 0.2) is 0 Å². The average Bonchev–Trinajstić information content (AvgIpc) is 2.41. The van der Waals surface area contributed by atoms with Crippen LogP contribution in [0.1, 0.15) is 17.0 Å². The van der Waals surface area contributed by atoms with Gasteiger partial charge in [-0.1, -0.05) is 34.4 Å². The average molecular weight is 310 g/mol. The number of hydrogen-bond acceptors (Lipinski definition) is 4. The van der Waals surface area contributed by atoms with E-state index in [1.807, 2.05) is 13.0 Å². The molecule has 4 nitrogen and oxygen atoms in total. The molecule has 2 aromatic rings. The monoisotopic (exact) mass is 309 g/mol. The molecule has 0 saturated heterocycles. The normalized spacial score (nSPS) is 11.5. The highest BCUT2D eigenvalue weighted by Gasteiger charge is 2.12. The van der Waals surface area contributed by atoms with E-state index in [4.69, 9.17) is 28.0 Å². The maximum absolute atomic E-state index is 6.19. The Morgan fingerprint density at radius 3 is 2.65 bits per heavy atom. The molecule has 1 heterocycles. The van der Waals surface area contributed by atoms with Crippen LogP contribution < -0.4 is 0 Å². The molecule has 0 aliphatic rings. The highest BCUT2D eigenvalue weighted by Crippen LogP contribution is 2.22. The van der Waals surface area contributed by atoms with Crippen LogP contribution in [-0.4, -0.2) is 22.8 Å². The largest absolute Gasteiger partial charge is 0.399 e. The Kier molecular flexibility index (Phi) is 4.93. The fourth-order valence-electron chi connectivity index (χ4n) is 1.69. The highest BCUT2D eigenvalue weighted by atomic mass is 35.5. The van der Waals surface area contributed by atoms with Crippen LogP contribution in [0, 0.1) is 6.92 Å². The fraction of sp³-hybridized carbons (Fsp3) is 0.214. The van der Waals surface area contributed by atoms with Crippen molar-refractivity contribution in [3.63, 3.8) is 0 Å². The van der Waals surface area contributed by atoms with E-state index in [0.29, 0.717) is 22.2 Å². The van der Waals surface area contributed by atoms with Crippen molar-refractivity contribution in [1.82, 2.24) is 9.97 Å². The van der Waals surface area contributed by atoms with Crippen LogP contribution in [0.5, 0.6) is 0 Å². The van der Waals surface area contributed by atoms with Gasteiger partial charge < -0.3 is 4.84 Å². The Morgan fingerprint density at radius 1 is 1.25 bits per heavy atom. The highest BCUT2D eigenvalue weighted by molar-refractivity contribution is 6.37. The molecule has 104 valence electrons. The van der Waals surface area contributed by atoms with E-state index in [1.54, 1.807) is 24.5 Å². The van der Waals surface area contributed by atoms with E-state index in [0.717, 1.165) is 17.0 Å². The first-order valence-corrected chi connectivity index (χ1v) is 6.68. The summed E-state index contributed by atoms with van der Waals surface area (Å²) in [4.78, 5) is 13.4. The minimum Gasteiger partial charge on any atom is -0.399 e. The lowest BCUT2D eigenvalue weighted by molar-refractivity contribution is 0.213. The van der Waals surface area contributed by atoms with Crippen LogP contribution >= 0.6 is 23.2 Å². The van der Waals surface area contributed by atoms with Crippen molar-refractivity contribution in [2.75, 3.05) is 7.11 Å². The third kappa shape index (κ3) is 3.68. The van der Waals surface area contributed by atoms with Crippen molar-refractivity contribution in [2.45, 2.75) is 13.3 Å². The van der Waals surface area contributed by atoms with Gasteiger partial charge in [0.1, 0.15) is 7.11 Å². The first-order chi connectivity index (χ1) is 9.60. The van der Waals surface area contributed by atoms with E-state index >= 15 is 0 Å².